The molecule has 0 saturated heterocycles. The van der Waals surface area contributed by atoms with Crippen LogP contribution in [0.3, 0.4) is 0 Å². The molecule has 0 amide bonds. The summed E-state index contributed by atoms with van der Waals surface area (Å²) in [6.07, 6.45) is 6.84. The minimum atomic E-state index is 0.991. The summed E-state index contributed by atoms with van der Waals surface area (Å²) in [6, 6.07) is 6.00. The van der Waals surface area contributed by atoms with E-state index in [0.717, 1.165) is 24.4 Å². The van der Waals surface area contributed by atoms with Gasteiger partial charge in [-0.15, -0.1) is 0 Å². The Morgan fingerprint density at radius 1 is 1.18 bits per heavy atom. The molecule has 0 spiro atoms. The summed E-state index contributed by atoms with van der Waals surface area (Å²) < 4.78 is 2.19. The molecule has 0 saturated carbocycles. The van der Waals surface area contributed by atoms with Crippen molar-refractivity contribution in [3.05, 3.63) is 35.7 Å². The van der Waals surface area contributed by atoms with Crippen LogP contribution in [0.4, 0.5) is 0 Å². The van der Waals surface area contributed by atoms with Gasteiger partial charge in [0.1, 0.15) is 5.69 Å². The lowest BCUT2D eigenvalue weighted by Crippen LogP contribution is -2.02. The zero-order valence-corrected chi connectivity index (χ0v) is 10.2. The molecule has 3 heterocycles. The SMILES string of the molecule is Cc1c(-c2ccccn2)nn2c1CCCCC2. The minimum Gasteiger partial charge on any atom is -0.269 e. The Labute approximate surface area is 101 Å². The molecule has 3 heteroatoms. The van der Waals surface area contributed by atoms with Crippen LogP contribution in [0.25, 0.3) is 11.4 Å². The predicted molar refractivity (Wildman–Crippen MR) is 67.8 cm³/mol. The molecule has 0 bridgehead atoms. The monoisotopic (exact) mass is 227 g/mol. The highest BCUT2D eigenvalue weighted by atomic mass is 15.3. The summed E-state index contributed by atoms with van der Waals surface area (Å²) in [5.74, 6) is 0. The highest BCUT2D eigenvalue weighted by Gasteiger charge is 2.17. The Balaban J connectivity index is 2.08. The fourth-order valence-electron chi connectivity index (χ4n) is 2.56. The van der Waals surface area contributed by atoms with Gasteiger partial charge in [0.05, 0.1) is 5.69 Å². The first kappa shape index (κ1) is 10.5. The highest BCUT2D eigenvalue weighted by molar-refractivity contribution is 5.59. The topological polar surface area (TPSA) is 30.7 Å². The molecule has 2 aromatic rings. The number of rotatable bonds is 1. The molecule has 0 aromatic carbocycles. The third-order valence-corrected chi connectivity index (χ3v) is 3.51. The summed E-state index contributed by atoms with van der Waals surface area (Å²) in [4.78, 5) is 4.40. The lowest BCUT2D eigenvalue weighted by molar-refractivity contribution is 0.577. The number of pyridine rings is 1. The van der Waals surface area contributed by atoms with Crippen LogP contribution < -0.4 is 0 Å². The van der Waals surface area contributed by atoms with Crippen molar-refractivity contribution in [2.75, 3.05) is 0 Å². The first-order valence-electron chi connectivity index (χ1n) is 6.34. The van der Waals surface area contributed by atoms with Gasteiger partial charge in [-0.1, -0.05) is 12.5 Å². The Morgan fingerprint density at radius 2 is 2.12 bits per heavy atom. The van der Waals surface area contributed by atoms with Crippen LogP contribution in [-0.4, -0.2) is 14.8 Å². The van der Waals surface area contributed by atoms with Crippen LogP contribution in [-0.2, 0) is 13.0 Å². The highest BCUT2D eigenvalue weighted by Crippen LogP contribution is 2.26. The standard InChI is InChI=1S/C14H17N3/c1-11-13-8-3-2-6-10-17(13)16-14(11)12-7-4-5-9-15-12/h4-5,7,9H,2-3,6,8,10H2,1H3. The molecule has 0 atom stereocenters. The summed E-state index contributed by atoms with van der Waals surface area (Å²) >= 11 is 0. The van der Waals surface area contributed by atoms with Gasteiger partial charge >= 0.3 is 0 Å². The summed E-state index contributed by atoms with van der Waals surface area (Å²) in [5, 5.41) is 4.73. The van der Waals surface area contributed by atoms with Crippen molar-refractivity contribution in [1.29, 1.82) is 0 Å². The summed E-state index contributed by atoms with van der Waals surface area (Å²) in [6.45, 7) is 3.23. The normalized spacial score (nSPS) is 15.4. The maximum absolute atomic E-state index is 4.73. The molecule has 0 aliphatic carbocycles. The van der Waals surface area contributed by atoms with E-state index < -0.39 is 0 Å². The van der Waals surface area contributed by atoms with Gasteiger partial charge in [0.2, 0.25) is 0 Å². The van der Waals surface area contributed by atoms with Crippen molar-refractivity contribution in [1.82, 2.24) is 14.8 Å². The molecule has 0 N–H and O–H groups in total. The molecular formula is C14H17N3. The molecule has 0 radical (unpaired) electrons. The number of hydrogen-bond donors (Lipinski definition) is 0. The van der Waals surface area contributed by atoms with Gasteiger partial charge in [0.25, 0.3) is 0 Å². The lowest BCUT2D eigenvalue weighted by Gasteiger charge is -2.00. The van der Waals surface area contributed by atoms with Crippen LogP contribution >= 0.6 is 0 Å². The molecule has 0 unspecified atom stereocenters. The van der Waals surface area contributed by atoms with Crippen molar-refractivity contribution in [2.24, 2.45) is 0 Å². The van der Waals surface area contributed by atoms with E-state index in [-0.39, 0.29) is 0 Å². The molecule has 1 aliphatic rings. The zero-order valence-electron chi connectivity index (χ0n) is 10.2. The van der Waals surface area contributed by atoms with E-state index in [1.54, 1.807) is 0 Å². The fraction of sp³-hybridized carbons (Fsp3) is 0.429. The van der Waals surface area contributed by atoms with Crippen molar-refractivity contribution < 1.29 is 0 Å². The second-order valence-electron chi connectivity index (χ2n) is 4.67. The Bertz CT molecular complexity index is 514. The molecule has 0 fully saturated rings. The molecular weight excluding hydrogens is 210 g/mol. The van der Waals surface area contributed by atoms with E-state index in [9.17, 15) is 0 Å². The van der Waals surface area contributed by atoms with Gasteiger partial charge in [0.15, 0.2) is 0 Å². The van der Waals surface area contributed by atoms with E-state index in [4.69, 9.17) is 5.10 Å². The van der Waals surface area contributed by atoms with E-state index in [2.05, 4.69) is 16.6 Å². The van der Waals surface area contributed by atoms with E-state index >= 15 is 0 Å². The van der Waals surface area contributed by atoms with Crippen molar-refractivity contribution in [3.8, 4) is 11.4 Å². The van der Waals surface area contributed by atoms with Crippen molar-refractivity contribution in [3.63, 3.8) is 0 Å². The third kappa shape index (κ3) is 1.86. The lowest BCUT2D eigenvalue weighted by atomic mass is 10.1. The number of fused-ring (bicyclic) bond motifs is 1. The van der Waals surface area contributed by atoms with E-state index in [1.807, 2.05) is 24.4 Å². The Kier molecular flexibility index (Phi) is 2.67. The second-order valence-corrected chi connectivity index (χ2v) is 4.67. The van der Waals surface area contributed by atoms with Crippen LogP contribution in [0, 0.1) is 6.92 Å². The van der Waals surface area contributed by atoms with Crippen LogP contribution in [0.15, 0.2) is 24.4 Å². The van der Waals surface area contributed by atoms with Crippen LogP contribution in [0.1, 0.15) is 30.5 Å². The molecule has 3 rings (SSSR count). The van der Waals surface area contributed by atoms with Crippen molar-refractivity contribution >= 4 is 0 Å². The number of hydrogen-bond acceptors (Lipinski definition) is 2. The third-order valence-electron chi connectivity index (χ3n) is 3.51. The minimum absolute atomic E-state index is 0.991. The Hall–Kier alpha value is -1.64. The number of aromatic nitrogens is 3. The van der Waals surface area contributed by atoms with Gasteiger partial charge in [-0.05, 0) is 43.9 Å². The summed E-state index contributed by atoms with van der Waals surface area (Å²) in [5.41, 5.74) is 4.77. The van der Waals surface area contributed by atoms with Crippen LogP contribution in [0.5, 0.6) is 0 Å². The largest absolute Gasteiger partial charge is 0.269 e. The molecule has 88 valence electrons. The van der Waals surface area contributed by atoms with Gasteiger partial charge < -0.3 is 0 Å². The molecule has 3 nitrogen and oxygen atoms in total. The molecule has 17 heavy (non-hydrogen) atoms. The summed E-state index contributed by atoms with van der Waals surface area (Å²) in [7, 11) is 0. The van der Waals surface area contributed by atoms with Gasteiger partial charge in [-0.3, -0.25) is 9.67 Å². The number of nitrogens with zero attached hydrogens (tertiary/aromatic N) is 3. The average Bonchev–Trinajstić information content (AvgIpc) is 2.56. The van der Waals surface area contributed by atoms with E-state index in [0.29, 0.717) is 0 Å². The maximum atomic E-state index is 4.73. The fourth-order valence-corrected chi connectivity index (χ4v) is 2.56. The van der Waals surface area contributed by atoms with Gasteiger partial charge in [-0.25, -0.2) is 0 Å². The maximum Gasteiger partial charge on any atom is 0.114 e. The van der Waals surface area contributed by atoms with E-state index in [1.165, 1.54) is 30.5 Å². The van der Waals surface area contributed by atoms with Gasteiger partial charge in [-0.2, -0.15) is 5.10 Å². The number of aryl methyl sites for hydroxylation is 1. The van der Waals surface area contributed by atoms with Crippen molar-refractivity contribution in [2.45, 2.75) is 39.2 Å². The predicted octanol–water partition coefficient (Wildman–Crippen LogP) is 2.98. The zero-order chi connectivity index (χ0) is 11.7. The second kappa shape index (κ2) is 4.32. The molecule has 2 aromatic heterocycles. The average molecular weight is 227 g/mol. The first-order valence-corrected chi connectivity index (χ1v) is 6.34. The molecule has 1 aliphatic heterocycles. The Morgan fingerprint density at radius 3 is 2.94 bits per heavy atom. The smallest absolute Gasteiger partial charge is 0.114 e. The van der Waals surface area contributed by atoms with Crippen LogP contribution in [0.2, 0.25) is 0 Å². The quantitative estimate of drug-likeness (QED) is 0.750. The van der Waals surface area contributed by atoms with Gasteiger partial charge in [0, 0.05) is 18.4 Å². The first-order chi connectivity index (χ1) is 8.36.